The molecule has 0 radical (unpaired) electrons. The third kappa shape index (κ3) is 4.33. The van der Waals surface area contributed by atoms with E-state index in [-0.39, 0.29) is 0 Å². The third-order valence-corrected chi connectivity index (χ3v) is 4.37. The van der Waals surface area contributed by atoms with Crippen molar-refractivity contribution in [1.82, 2.24) is 15.0 Å². The van der Waals surface area contributed by atoms with Crippen molar-refractivity contribution in [3.8, 4) is 11.5 Å². The Kier molecular flexibility index (Phi) is 5.35. The lowest BCUT2D eigenvalue weighted by Gasteiger charge is -2.20. The number of furan rings is 1. The topological polar surface area (TPSA) is 119 Å². The van der Waals surface area contributed by atoms with Crippen LogP contribution in [-0.4, -0.2) is 15.0 Å². The number of rotatable bonds is 7. The van der Waals surface area contributed by atoms with Gasteiger partial charge in [0, 0.05) is 11.9 Å². The molecule has 0 aliphatic carbocycles. The summed E-state index contributed by atoms with van der Waals surface area (Å²) in [5, 5.41) is 4.87. The zero-order chi connectivity index (χ0) is 20.1. The smallest absolute Gasteiger partial charge is 0.170 e. The first kappa shape index (κ1) is 18.5. The van der Waals surface area contributed by atoms with E-state index in [0.29, 0.717) is 36.0 Å². The normalized spacial score (nSPS) is 10.7. The largest absolute Gasteiger partial charge is 0.463 e. The number of benzene rings is 1. The van der Waals surface area contributed by atoms with Gasteiger partial charge in [-0.15, -0.1) is 0 Å². The molecule has 29 heavy (non-hydrogen) atoms. The van der Waals surface area contributed by atoms with Crippen LogP contribution < -0.4 is 21.9 Å². The molecule has 146 valence electrons. The summed E-state index contributed by atoms with van der Waals surface area (Å²) in [4.78, 5) is 12.8. The summed E-state index contributed by atoms with van der Waals surface area (Å²) < 4.78 is 5.39. The number of nitrogen functional groups attached to an aromatic ring is 1. The predicted molar refractivity (Wildman–Crippen MR) is 113 cm³/mol. The van der Waals surface area contributed by atoms with Crippen molar-refractivity contribution >= 4 is 17.2 Å². The van der Waals surface area contributed by atoms with Crippen molar-refractivity contribution in [1.29, 1.82) is 0 Å². The molecule has 0 bridgehead atoms. The number of hydrazine groups is 1. The molecule has 1 aromatic carbocycles. The molecular formula is C21H21N7O. The van der Waals surface area contributed by atoms with Gasteiger partial charge in [0.2, 0.25) is 0 Å². The van der Waals surface area contributed by atoms with Crippen LogP contribution in [0.25, 0.3) is 11.5 Å². The van der Waals surface area contributed by atoms with Crippen LogP contribution in [0, 0.1) is 0 Å². The molecular weight excluding hydrogens is 366 g/mol. The first-order chi connectivity index (χ1) is 14.2. The van der Waals surface area contributed by atoms with E-state index in [0.717, 1.165) is 16.9 Å². The highest BCUT2D eigenvalue weighted by molar-refractivity contribution is 5.78. The Balaban J connectivity index is 1.47. The summed E-state index contributed by atoms with van der Waals surface area (Å²) >= 11 is 0. The van der Waals surface area contributed by atoms with Gasteiger partial charge in [-0.05, 0) is 42.0 Å². The van der Waals surface area contributed by atoms with Crippen LogP contribution in [-0.2, 0) is 13.1 Å². The lowest BCUT2D eigenvalue weighted by atomic mass is 10.2. The lowest BCUT2D eigenvalue weighted by molar-refractivity contribution is 0.580. The number of aromatic nitrogens is 3. The Bertz CT molecular complexity index is 1070. The highest BCUT2D eigenvalue weighted by Gasteiger charge is 2.16. The summed E-state index contributed by atoms with van der Waals surface area (Å²) in [6.07, 6.45) is 4.78. The van der Waals surface area contributed by atoms with E-state index in [1.807, 2.05) is 42.5 Å². The molecule has 0 atom stereocenters. The molecule has 0 aliphatic rings. The highest BCUT2D eigenvalue weighted by Crippen LogP contribution is 2.30. The van der Waals surface area contributed by atoms with Crippen LogP contribution >= 0.6 is 0 Å². The molecule has 0 saturated carbocycles. The van der Waals surface area contributed by atoms with Gasteiger partial charge < -0.3 is 15.5 Å². The second kappa shape index (κ2) is 8.41. The zero-order valence-corrected chi connectivity index (χ0v) is 15.7. The van der Waals surface area contributed by atoms with E-state index >= 15 is 0 Å². The molecule has 3 aromatic heterocycles. The summed E-state index contributed by atoms with van der Waals surface area (Å²) in [5.41, 5.74) is 10.1. The Morgan fingerprint density at radius 1 is 1.00 bits per heavy atom. The third-order valence-electron chi connectivity index (χ3n) is 4.37. The van der Waals surface area contributed by atoms with E-state index in [1.54, 1.807) is 24.6 Å². The van der Waals surface area contributed by atoms with Gasteiger partial charge in [0.05, 0.1) is 25.0 Å². The molecule has 8 nitrogen and oxygen atoms in total. The summed E-state index contributed by atoms with van der Waals surface area (Å²) in [6.45, 7) is 1.07. The quantitative estimate of drug-likeness (QED) is 0.327. The van der Waals surface area contributed by atoms with E-state index < -0.39 is 0 Å². The van der Waals surface area contributed by atoms with Crippen molar-refractivity contribution in [2.45, 2.75) is 13.1 Å². The fraction of sp³-hybridized carbons (Fsp3) is 0.0952. The maximum absolute atomic E-state index is 6.27. The van der Waals surface area contributed by atoms with Crippen LogP contribution in [0.15, 0.2) is 77.8 Å². The SMILES string of the molecule is Nc1c(-c2ccco2)ncnc1N(N)Cc1cccc(NCc2ccccn2)c1. The van der Waals surface area contributed by atoms with Gasteiger partial charge in [0.1, 0.15) is 17.7 Å². The number of pyridine rings is 1. The molecule has 4 aromatic rings. The molecule has 0 fully saturated rings. The van der Waals surface area contributed by atoms with Gasteiger partial charge in [-0.25, -0.2) is 15.8 Å². The number of anilines is 3. The number of nitrogens with two attached hydrogens (primary N) is 2. The van der Waals surface area contributed by atoms with Gasteiger partial charge in [0.25, 0.3) is 0 Å². The first-order valence-electron chi connectivity index (χ1n) is 9.10. The van der Waals surface area contributed by atoms with Gasteiger partial charge in [0.15, 0.2) is 11.6 Å². The molecule has 0 saturated heterocycles. The van der Waals surface area contributed by atoms with E-state index in [1.165, 1.54) is 11.3 Å². The minimum Gasteiger partial charge on any atom is -0.463 e. The molecule has 4 rings (SSSR count). The van der Waals surface area contributed by atoms with Crippen LogP contribution in [0.3, 0.4) is 0 Å². The van der Waals surface area contributed by atoms with Crippen LogP contribution in [0.5, 0.6) is 0 Å². The maximum Gasteiger partial charge on any atom is 0.170 e. The van der Waals surface area contributed by atoms with Gasteiger partial charge >= 0.3 is 0 Å². The van der Waals surface area contributed by atoms with E-state index in [9.17, 15) is 0 Å². The van der Waals surface area contributed by atoms with Crippen LogP contribution in [0.2, 0.25) is 0 Å². The highest BCUT2D eigenvalue weighted by atomic mass is 16.3. The number of hydrogen-bond donors (Lipinski definition) is 3. The fourth-order valence-electron chi connectivity index (χ4n) is 2.97. The molecule has 3 heterocycles. The number of hydrogen-bond acceptors (Lipinski definition) is 8. The lowest BCUT2D eigenvalue weighted by Crippen LogP contribution is -2.32. The molecule has 0 spiro atoms. The average Bonchev–Trinajstić information content (AvgIpc) is 3.28. The summed E-state index contributed by atoms with van der Waals surface area (Å²) in [5.74, 6) is 7.28. The Hall–Kier alpha value is -3.91. The minimum atomic E-state index is 0.370. The molecule has 5 N–H and O–H groups in total. The standard InChI is InChI=1S/C21H21N7O/c22-19-20(18-8-4-10-29-18)26-14-27-21(19)28(23)13-15-5-3-7-16(11-15)25-12-17-6-1-2-9-24-17/h1-11,14,25H,12-13,22-23H2. The second-order valence-corrected chi connectivity index (χ2v) is 6.44. The van der Waals surface area contributed by atoms with Gasteiger partial charge in [-0.3, -0.25) is 9.99 Å². The molecule has 8 heteroatoms. The molecule has 0 amide bonds. The van der Waals surface area contributed by atoms with Crippen molar-refractivity contribution in [3.63, 3.8) is 0 Å². The fourth-order valence-corrected chi connectivity index (χ4v) is 2.97. The summed E-state index contributed by atoms with van der Waals surface area (Å²) in [6, 6.07) is 17.4. The van der Waals surface area contributed by atoms with Gasteiger partial charge in [-0.2, -0.15) is 0 Å². The summed E-state index contributed by atoms with van der Waals surface area (Å²) in [7, 11) is 0. The number of nitrogens with one attached hydrogen (secondary N) is 1. The molecule has 0 aliphatic heterocycles. The Morgan fingerprint density at radius 2 is 1.93 bits per heavy atom. The predicted octanol–water partition coefficient (Wildman–Crippen LogP) is 3.21. The van der Waals surface area contributed by atoms with Crippen molar-refractivity contribution in [2.75, 3.05) is 16.1 Å². The van der Waals surface area contributed by atoms with Crippen molar-refractivity contribution < 1.29 is 4.42 Å². The maximum atomic E-state index is 6.27. The van der Waals surface area contributed by atoms with Gasteiger partial charge in [-0.1, -0.05) is 18.2 Å². The van der Waals surface area contributed by atoms with Crippen LogP contribution in [0.4, 0.5) is 17.2 Å². The average molecular weight is 387 g/mol. The van der Waals surface area contributed by atoms with Crippen molar-refractivity contribution in [3.05, 3.63) is 84.6 Å². The van der Waals surface area contributed by atoms with Crippen LogP contribution in [0.1, 0.15) is 11.3 Å². The minimum absolute atomic E-state index is 0.370. The first-order valence-corrected chi connectivity index (χ1v) is 9.10. The Labute approximate surface area is 168 Å². The molecule has 0 unspecified atom stereocenters. The van der Waals surface area contributed by atoms with E-state index in [2.05, 4.69) is 20.3 Å². The zero-order valence-electron chi connectivity index (χ0n) is 15.7. The van der Waals surface area contributed by atoms with E-state index in [4.69, 9.17) is 16.0 Å². The number of nitrogens with zero attached hydrogens (tertiary/aromatic N) is 4. The van der Waals surface area contributed by atoms with Crippen molar-refractivity contribution in [2.24, 2.45) is 5.84 Å². The second-order valence-electron chi connectivity index (χ2n) is 6.44. The Morgan fingerprint density at radius 3 is 2.72 bits per heavy atom. The monoisotopic (exact) mass is 387 g/mol.